The first-order valence-corrected chi connectivity index (χ1v) is 13.7. The zero-order valence-electron chi connectivity index (χ0n) is 21.3. The number of ether oxygens (including phenoxy) is 7. The Balaban J connectivity index is 1.16. The highest BCUT2D eigenvalue weighted by Crippen LogP contribution is 2.45. The largest absolute Gasteiger partial charge is 0.466 e. The Kier molecular flexibility index (Phi) is 8.49. The molecule has 0 spiro atoms. The second-order valence-corrected chi connectivity index (χ2v) is 10.6. The number of aliphatic hydroxyl groups excluding tert-OH is 1. The van der Waals surface area contributed by atoms with Gasteiger partial charge in [0, 0.05) is 11.8 Å². The molecule has 5 aliphatic rings. The predicted octanol–water partition coefficient (Wildman–Crippen LogP) is 2.29. The number of rotatable bonds is 7. The first-order chi connectivity index (χ1) is 17.5. The van der Waals surface area contributed by atoms with Crippen molar-refractivity contribution in [2.45, 2.75) is 108 Å². The standard InChI is InChI=1S/C26H40O10/c1-3-30-22(28)14-5-9-16(10-6-14)24-32-18(13-27)19-20(34-24)21-26(33-19)36-25(35-21)17-11-7-15(8-12-17)23(29)31-4-2/h14-21,24-27H,3-13H2,1-2H3. The molecule has 0 amide bonds. The highest BCUT2D eigenvalue weighted by atomic mass is 16.8. The van der Waals surface area contributed by atoms with Crippen LogP contribution in [0.25, 0.3) is 0 Å². The van der Waals surface area contributed by atoms with Crippen molar-refractivity contribution >= 4 is 11.9 Å². The van der Waals surface area contributed by atoms with E-state index >= 15 is 0 Å². The fraction of sp³-hybridized carbons (Fsp3) is 0.923. The molecule has 3 saturated heterocycles. The average molecular weight is 513 g/mol. The molecule has 36 heavy (non-hydrogen) atoms. The van der Waals surface area contributed by atoms with E-state index in [1.165, 1.54) is 0 Å². The lowest BCUT2D eigenvalue weighted by Crippen LogP contribution is -2.55. The smallest absolute Gasteiger partial charge is 0.308 e. The molecule has 2 saturated carbocycles. The van der Waals surface area contributed by atoms with Crippen molar-refractivity contribution in [2.75, 3.05) is 19.8 Å². The third-order valence-electron chi connectivity index (χ3n) is 8.47. The summed E-state index contributed by atoms with van der Waals surface area (Å²) in [6.45, 7) is 4.27. The summed E-state index contributed by atoms with van der Waals surface area (Å²) >= 11 is 0. The van der Waals surface area contributed by atoms with Crippen molar-refractivity contribution in [3.8, 4) is 0 Å². The number of carbonyl (C=O) groups excluding carboxylic acids is 2. The number of fused-ring (bicyclic) bond motifs is 3. The Labute approximate surface area is 212 Å². The SMILES string of the molecule is CCOC(=O)C1CCC(C2OC3OC4C(CO)OC(C5CCC(C(=O)OCC)CC5)OC4C3O2)CC1. The maximum absolute atomic E-state index is 12.1. The van der Waals surface area contributed by atoms with Gasteiger partial charge in [-0.25, -0.2) is 0 Å². The minimum Gasteiger partial charge on any atom is -0.466 e. The Morgan fingerprint density at radius 3 is 1.61 bits per heavy atom. The van der Waals surface area contributed by atoms with E-state index in [9.17, 15) is 14.7 Å². The van der Waals surface area contributed by atoms with Crippen molar-refractivity contribution in [3.05, 3.63) is 0 Å². The van der Waals surface area contributed by atoms with Gasteiger partial charge in [-0.05, 0) is 65.2 Å². The van der Waals surface area contributed by atoms with Crippen LogP contribution >= 0.6 is 0 Å². The van der Waals surface area contributed by atoms with Gasteiger partial charge in [-0.1, -0.05) is 0 Å². The molecule has 0 aromatic heterocycles. The minimum absolute atomic E-state index is 0.0495. The molecule has 204 valence electrons. The van der Waals surface area contributed by atoms with Gasteiger partial charge in [-0.15, -0.1) is 0 Å². The third-order valence-corrected chi connectivity index (χ3v) is 8.47. The quantitative estimate of drug-likeness (QED) is 0.509. The Morgan fingerprint density at radius 1 is 0.639 bits per heavy atom. The van der Waals surface area contributed by atoms with Crippen molar-refractivity contribution in [3.63, 3.8) is 0 Å². The van der Waals surface area contributed by atoms with E-state index in [1.807, 2.05) is 13.8 Å². The summed E-state index contributed by atoms with van der Waals surface area (Å²) in [6, 6.07) is 0. The van der Waals surface area contributed by atoms with E-state index in [1.54, 1.807) is 0 Å². The Bertz CT molecular complexity index is 760. The van der Waals surface area contributed by atoms with Gasteiger partial charge in [0.15, 0.2) is 18.9 Å². The minimum atomic E-state index is -0.566. The second-order valence-electron chi connectivity index (χ2n) is 10.6. The Morgan fingerprint density at radius 2 is 1.11 bits per heavy atom. The molecule has 1 N–H and O–H groups in total. The van der Waals surface area contributed by atoms with Crippen molar-refractivity contribution in [1.29, 1.82) is 0 Å². The van der Waals surface area contributed by atoms with Crippen LogP contribution in [0.3, 0.4) is 0 Å². The first kappa shape index (κ1) is 26.3. The number of hydrogen-bond donors (Lipinski definition) is 1. The Hall–Kier alpha value is -1.30. The van der Waals surface area contributed by atoms with Crippen LogP contribution in [0, 0.1) is 23.7 Å². The second kappa shape index (κ2) is 11.6. The monoisotopic (exact) mass is 512 g/mol. The summed E-state index contributed by atoms with van der Waals surface area (Å²) < 4.78 is 41.5. The van der Waals surface area contributed by atoms with Gasteiger partial charge in [0.05, 0.1) is 31.7 Å². The zero-order chi connectivity index (χ0) is 25.2. The third kappa shape index (κ3) is 5.31. The molecule has 2 aliphatic carbocycles. The van der Waals surface area contributed by atoms with Crippen LogP contribution in [0.15, 0.2) is 0 Å². The van der Waals surface area contributed by atoms with E-state index < -0.39 is 37.2 Å². The maximum atomic E-state index is 12.1. The van der Waals surface area contributed by atoms with Gasteiger partial charge >= 0.3 is 11.9 Å². The molecule has 10 heteroatoms. The molecule has 7 unspecified atom stereocenters. The number of hydrogen-bond acceptors (Lipinski definition) is 10. The summed E-state index contributed by atoms with van der Waals surface area (Å²) in [5.41, 5.74) is 0. The van der Waals surface area contributed by atoms with Gasteiger partial charge in [0.25, 0.3) is 0 Å². The van der Waals surface area contributed by atoms with Crippen LogP contribution in [-0.2, 0) is 42.7 Å². The molecule has 10 nitrogen and oxygen atoms in total. The van der Waals surface area contributed by atoms with E-state index in [-0.39, 0.29) is 48.3 Å². The molecule has 0 radical (unpaired) electrons. The molecule has 7 atom stereocenters. The van der Waals surface area contributed by atoms with Crippen LogP contribution in [0.2, 0.25) is 0 Å². The summed E-state index contributed by atoms with van der Waals surface area (Å²) in [4.78, 5) is 24.2. The normalized spacial score (nSPS) is 44.5. The lowest BCUT2D eigenvalue weighted by Gasteiger charge is -2.43. The van der Waals surface area contributed by atoms with E-state index in [2.05, 4.69) is 0 Å². The molecule has 3 aliphatic heterocycles. The molecule has 0 aromatic carbocycles. The van der Waals surface area contributed by atoms with Crippen LogP contribution in [0.1, 0.15) is 65.2 Å². The highest BCUT2D eigenvalue weighted by molar-refractivity contribution is 5.72. The molecular weight excluding hydrogens is 472 g/mol. The summed E-state index contributed by atoms with van der Waals surface area (Å²) in [5, 5.41) is 10.0. The zero-order valence-corrected chi connectivity index (χ0v) is 21.3. The maximum Gasteiger partial charge on any atom is 0.308 e. The highest BCUT2D eigenvalue weighted by Gasteiger charge is 2.59. The molecular formula is C26H40O10. The van der Waals surface area contributed by atoms with Gasteiger partial charge < -0.3 is 38.3 Å². The van der Waals surface area contributed by atoms with Gasteiger partial charge in [0.1, 0.15) is 24.4 Å². The molecule has 5 rings (SSSR count). The fourth-order valence-electron chi connectivity index (χ4n) is 6.48. The summed E-state index contributed by atoms with van der Waals surface area (Å²) in [7, 11) is 0. The molecule has 0 bridgehead atoms. The summed E-state index contributed by atoms with van der Waals surface area (Å²) in [6.07, 6.45) is 3.04. The molecule has 3 heterocycles. The van der Waals surface area contributed by atoms with E-state index in [0.717, 1.165) is 51.4 Å². The van der Waals surface area contributed by atoms with Gasteiger partial charge in [0.2, 0.25) is 0 Å². The van der Waals surface area contributed by atoms with Crippen molar-refractivity contribution < 1.29 is 47.9 Å². The van der Waals surface area contributed by atoms with Crippen LogP contribution < -0.4 is 0 Å². The molecule has 5 fully saturated rings. The summed E-state index contributed by atoms with van der Waals surface area (Å²) in [5.74, 6) is -0.0456. The molecule has 0 aromatic rings. The number of esters is 2. The van der Waals surface area contributed by atoms with Crippen molar-refractivity contribution in [1.82, 2.24) is 0 Å². The topological polar surface area (TPSA) is 119 Å². The predicted molar refractivity (Wildman–Crippen MR) is 123 cm³/mol. The van der Waals surface area contributed by atoms with Crippen LogP contribution in [0.5, 0.6) is 0 Å². The van der Waals surface area contributed by atoms with Crippen LogP contribution in [-0.4, -0.2) is 80.2 Å². The van der Waals surface area contributed by atoms with E-state index in [4.69, 9.17) is 33.2 Å². The first-order valence-electron chi connectivity index (χ1n) is 13.7. The lowest BCUT2D eigenvalue weighted by molar-refractivity contribution is -0.318. The van der Waals surface area contributed by atoms with Gasteiger partial charge in [-0.3, -0.25) is 9.59 Å². The van der Waals surface area contributed by atoms with Crippen LogP contribution in [0.4, 0.5) is 0 Å². The average Bonchev–Trinajstić information content (AvgIpc) is 3.47. The van der Waals surface area contributed by atoms with E-state index in [0.29, 0.717) is 13.2 Å². The van der Waals surface area contributed by atoms with Crippen molar-refractivity contribution in [2.24, 2.45) is 23.7 Å². The van der Waals surface area contributed by atoms with Gasteiger partial charge in [-0.2, -0.15) is 0 Å². The lowest BCUT2D eigenvalue weighted by atomic mass is 9.81. The fourth-order valence-corrected chi connectivity index (χ4v) is 6.48. The number of aliphatic hydroxyl groups is 1. The number of carbonyl (C=O) groups is 2.